The maximum absolute atomic E-state index is 12.0. The SMILES string of the molecule is CNC(=NC#N)NCCNC(=NC#N)NCCSCC(=O)c1nc[nH]c1C. The summed E-state index contributed by atoms with van der Waals surface area (Å²) < 4.78 is 0. The monoisotopic (exact) mass is 390 g/mol. The van der Waals surface area contributed by atoms with Crippen molar-refractivity contribution < 1.29 is 4.79 Å². The molecule has 0 unspecified atom stereocenters. The van der Waals surface area contributed by atoms with Crippen molar-refractivity contribution in [1.82, 2.24) is 31.2 Å². The van der Waals surface area contributed by atoms with Crippen molar-refractivity contribution in [1.29, 1.82) is 10.5 Å². The fraction of sp³-hybridized carbons (Fsp3) is 0.467. The Hall–Kier alpha value is -3.25. The normalized spacial score (nSPS) is 11.3. The van der Waals surface area contributed by atoms with Gasteiger partial charge in [0.15, 0.2) is 5.78 Å². The van der Waals surface area contributed by atoms with Crippen LogP contribution in [0.4, 0.5) is 0 Å². The van der Waals surface area contributed by atoms with E-state index >= 15 is 0 Å². The zero-order valence-electron chi connectivity index (χ0n) is 15.2. The van der Waals surface area contributed by atoms with Gasteiger partial charge in [-0.1, -0.05) is 0 Å². The van der Waals surface area contributed by atoms with Gasteiger partial charge in [-0.05, 0) is 6.92 Å². The number of Topliss-reactive ketones (excluding diaryl/α,β-unsaturated/α-hetero) is 1. The quantitative estimate of drug-likeness (QED) is 0.120. The highest BCUT2D eigenvalue weighted by atomic mass is 32.2. The van der Waals surface area contributed by atoms with Crippen LogP contribution in [0.3, 0.4) is 0 Å². The molecule has 0 aromatic carbocycles. The van der Waals surface area contributed by atoms with Crippen LogP contribution >= 0.6 is 11.8 Å². The van der Waals surface area contributed by atoms with Crippen LogP contribution in [0.15, 0.2) is 16.3 Å². The van der Waals surface area contributed by atoms with Gasteiger partial charge in [0.05, 0.1) is 12.1 Å². The van der Waals surface area contributed by atoms with Gasteiger partial charge in [-0.25, -0.2) is 4.98 Å². The average Bonchev–Trinajstić information content (AvgIpc) is 3.09. The van der Waals surface area contributed by atoms with E-state index in [1.807, 2.05) is 6.92 Å². The Morgan fingerprint density at radius 2 is 1.81 bits per heavy atom. The van der Waals surface area contributed by atoms with Crippen molar-refractivity contribution >= 4 is 29.5 Å². The van der Waals surface area contributed by atoms with Gasteiger partial charge in [0, 0.05) is 38.1 Å². The lowest BCUT2D eigenvalue weighted by Gasteiger charge is -2.12. The number of H-pyrrole nitrogens is 1. The van der Waals surface area contributed by atoms with Crippen LogP contribution in [0.5, 0.6) is 0 Å². The van der Waals surface area contributed by atoms with Crippen LogP contribution in [0.25, 0.3) is 0 Å². The van der Waals surface area contributed by atoms with Crippen LogP contribution in [-0.4, -0.2) is 65.9 Å². The number of thioether (sulfide) groups is 1. The van der Waals surface area contributed by atoms with Gasteiger partial charge in [-0.3, -0.25) is 4.79 Å². The highest BCUT2D eigenvalue weighted by Crippen LogP contribution is 2.07. The number of hydrogen-bond acceptors (Lipinski definition) is 7. The first kappa shape index (κ1) is 21.8. The summed E-state index contributed by atoms with van der Waals surface area (Å²) >= 11 is 1.47. The molecule has 12 heteroatoms. The molecule has 0 saturated heterocycles. The number of nitriles is 2. The second-order valence-corrected chi connectivity index (χ2v) is 6.11. The van der Waals surface area contributed by atoms with E-state index in [-0.39, 0.29) is 5.78 Å². The molecule has 0 aliphatic carbocycles. The Morgan fingerprint density at radius 3 is 2.41 bits per heavy atom. The molecule has 0 aliphatic heterocycles. The van der Waals surface area contributed by atoms with Crippen LogP contribution in [0.1, 0.15) is 16.2 Å². The Kier molecular flexibility index (Phi) is 10.5. The second kappa shape index (κ2) is 13.0. The van der Waals surface area contributed by atoms with Gasteiger partial charge >= 0.3 is 0 Å². The van der Waals surface area contributed by atoms with Crippen molar-refractivity contribution in [3.05, 3.63) is 17.7 Å². The molecular weight excluding hydrogens is 368 g/mol. The molecule has 0 bridgehead atoms. The second-order valence-electron chi connectivity index (χ2n) is 5.00. The summed E-state index contributed by atoms with van der Waals surface area (Å²) in [7, 11) is 1.65. The largest absolute Gasteiger partial charge is 0.359 e. The molecule has 0 aliphatic rings. The van der Waals surface area contributed by atoms with Gasteiger partial charge in [0.1, 0.15) is 5.69 Å². The van der Waals surface area contributed by atoms with Gasteiger partial charge < -0.3 is 26.3 Å². The summed E-state index contributed by atoms with van der Waals surface area (Å²) in [6.07, 6.45) is 4.91. The predicted molar refractivity (Wildman–Crippen MR) is 104 cm³/mol. The number of carbonyl (C=O) groups is 1. The number of guanidine groups is 2. The lowest BCUT2D eigenvalue weighted by Crippen LogP contribution is -2.44. The molecule has 5 N–H and O–H groups in total. The fourth-order valence-corrected chi connectivity index (χ4v) is 2.61. The third-order valence-corrected chi connectivity index (χ3v) is 4.10. The number of aromatic nitrogens is 2. The Labute approximate surface area is 161 Å². The van der Waals surface area contributed by atoms with Crippen molar-refractivity contribution in [2.75, 3.05) is 38.2 Å². The van der Waals surface area contributed by atoms with E-state index in [1.54, 1.807) is 19.4 Å². The van der Waals surface area contributed by atoms with Crippen molar-refractivity contribution in [2.45, 2.75) is 6.92 Å². The summed E-state index contributed by atoms with van der Waals surface area (Å²) in [6, 6.07) is 0. The molecule has 0 amide bonds. The van der Waals surface area contributed by atoms with Gasteiger partial charge in [0.2, 0.25) is 24.3 Å². The first-order valence-corrected chi connectivity index (χ1v) is 9.21. The molecule has 144 valence electrons. The Balaban J connectivity index is 2.23. The fourth-order valence-electron chi connectivity index (χ4n) is 1.90. The summed E-state index contributed by atoms with van der Waals surface area (Å²) in [5, 5.41) is 28.9. The summed E-state index contributed by atoms with van der Waals surface area (Å²) in [5.41, 5.74) is 1.23. The van der Waals surface area contributed by atoms with E-state index in [2.05, 4.69) is 41.2 Å². The number of carbonyl (C=O) groups excluding carboxylic acids is 1. The number of aryl methyl sites for hydroxylation is 1. The zero-order valence-corrected chi connectivity index (χ0v) is 16.0. The molecule has 27 heavy (non-hydrogen) atoms. The first-order valence-electron chi connectivity index (χ1n) is 8.06. The summed E-state index contributed by atoms with van der Waals surface area (Å²) in [6.45, 7) is 3.28. The molecule has 11 nitrogen and oxygen atoms in total. The minimum absolute atomic E-state index is 0.0202. The number of imidazole rings is 1. The van der Waals surface area contributed by atoms with E-state index in [9.17, 15) is 4.79 Å². The highest BCUT2D eigenvalue weighted by Gasteiger charge is 2.11. The predicted octanol–water partition coefficient (Wildman–Crippen LogP) is -0.704. The minimum atomic E-state index is -0.0202. The highest BCUT2D eigenvalue weighted by molar-refractivity contribution is 8.00. The van der Waals surface area contributed by atoms with Crippen LogP contribution in [-0.2, 0) is 0 Å². The van der Waals surface area contributed by atoms with Crippen molar-refractivity contribution in [3.8, 4) is 12.4 Å². The van der Waals surface area contributed by atoms with E-state index in [0.717, 1.165) is 5.69 Å². The maximum Gasteiger partial charge on any atom is 0.209 e. The molecule has 1 aromatic rings. The zero-order chi connectivity index (χ0) is 19.9. The molecule has 1 rings (SSSR count). The molecule has 0 fully saturated rings. The first-order chi connectivity index (χ1) is 13.1. The number of ketones is 1. The maximum atomic E-state index is 12.0. The lowest BCUT2D eigenvalue weighted by molar-refractivity contribution is 0.101. The molecule has 1 heterocycles. The number of nitrogens with one attached hydrogen (secondary N) is 5. The lowest BCUT2D eigenvalue weighted by atomic mass is 10.3. The van der Waals surface area contributed by atoms with E-state index < -0.39 is 0 Å². The summed E-state index contributed by atoms with van der Waals surface area (Å²) in [5.74, 6) is 1.68. The topological polar surface area (TPSA) is 166 Å². The molecule has 0 spiro atoms. The number of rotatable bonds is 9. The number of nitrogens with zero attached hydrogens (tertiary/aromatic N) is 5. The molecular formula is C15H22N10OS. The minimum Gasteiger partial charge on any atom is -0.359 e. The third kappa shape index (κ3) is 8.60. The molecule has 1 aromatic heterocycles. The average molecular weight is 390 g/mol. The smallest absolute Gasteiger partial charge is 0.209 e. The third-order valence-electron chi connectivity index (χ3n) is 3.14. The standard InChI is InChI=1S/C15H22N10OS/c1-11-13(25-10-24-11)12(26)7-27-6-5-21-15(23-9-17)20-4-3-19-14(18-2)22-8-16/h10H,3-7H2,1-2H3,(H,24,25)(H2,18,19,22)(H2,20,21,23). The van der Waals surface area contributed by atoms with E-state index in [1.165, 1.54) is 18.1 Å². The van der Waals surface area contributed by atoms with E-state index in [0.29, 0.717) is 48.8 Å². The van der Waals surface area contributed by atoms with Crippen LogP contribution < -0.4 is 21.3 Å². The number of hydrogen-bond donors (Lipinski definition) is 5. The van der Waals surface area contributed by atoms with Gasteiger partial charge in [0.25, 0.3) is 0 Å². The van der Waals surface area contributed by atoms with E-state index in [4.69, 9.17) is 10.5 Å². The molecule has 0 radical (unpaired) electrons. The number of aromatic amines is 1. The van der Waals surface area contributed by atoms with Crippen LogP contribution in [0.2, 0.25) is 0 Å². The van der Waals surface area contributed by atoms with Gasteiger partial charge in [-0.2, -0.15) is 22.3 Å². The molecule has 0 atom stereocenters. The van der Waals surface area contributed by atoms with Crippen molar-refractivity contribution in [3.63, 3.8) is 0 Å². The summed E-state index contributed by atoms with van der Waals surface area (Å²) in [4.78, 5) is 26.1. The van der Waals surface area contributed by atoms with Gasteiger partial charge in [-0.15, -0.1) is 9.98 Å². The molecule has 0 saturated carbocycles. The Bertz CT molecular complexity index is 743. The van der Waals surface area contributed by atoms with Crippen LogP contribution in [0, 0.1) is 29.8 Å². The Morgan fingerprint density at radius 1 is 1.19 bits per heavy atom. The van der Waals surface area contributed by atoms with Crippen molar-refractivity contribution in [2.24, 2.45) is 9.98 Å². The number of aliphatic imine (C=N–C) groups is 2.